The van der Waals surface area contributed by atoms with Crippen LogP contribution < -0.4 is 5.32 Å². The highest BCUT2D eigenvalue weighted by atomic mass is 127. The second kappa shape index (κ2) is 5.73. The average molecular weight is 401 g/mol. The maximum Gasteiger partial charge on any atom is 0.0553 e. The van der Waals surface area contributed by atoms with Gasteiger partial charge in [-0.3, -0.25) is 0 Å². The molecule has 1 nitrogen and oxygen atoms in total. The summed E-state index contributed by atoms with van der Waals surface area (Å²) in [5, 5.41) is 3.81. The van der Waals surface area contributed by atoms with E-state index >= 15 is 0 Å². The molecule has 2 aromatic carbocycles. The molecule has 0 amide bonds. The van der Waals surface area contributed by atoms with Gasteiger partial charge in [-0.1, -0.05) is 43.3 Å². The predicted molar refractivity (Wildman–Crippen MR) is 101 cm³/mol. The van der Waals surface area contributed by atoms with Crippen molar-refractivity contribution in [3.8, 4) is 0 Å². The molecular weight excluding hydrogens is 381 g/mol. The number of fused-ring (bicyclic) bond motifs is 3. The highest BCUT2D eigenvalue weighted by Gasteiger charge is 2.37. The van der Waals surface area contributed by atoms with Gasteiger partial charge in [0.1, 0.15) is 0 Å². The molecule has 1 aliphatic heterocycles. The summed E-state index contributed by atoms with van der Waals surface area (Å²) >= 11 is 2.41. The topological polar surface area (TPSA) is 12.0 Å². The van der Waals surface area contributed by atoms with E-state index in [0.717, 1.165) is 6.42 Å². The third kappa shape index (κ3) is 2.37. The van der Waals surface area contributed by atoms with Crippen LogP contribution in [0.2, 0.25) is 0 Å². The van der Waals surface area contributed by atoms with Crippen molar-refractivity contribution in [2.45, 2.75) is 31.7 Å². The van der Waals surface area contributed by atoms with Gasteiger partial charge < -0.3 is 5.32 Å². The van der Waals surface area contributed by atoms with Gasteiger partial charge in [0, 0.05) is 15.2 Å². The lowest BCUT2D eigenvalue weighted by Crippen LogP contribution is -2.29. The monoisotopic (exact) mass is 401 g/mol. The third-order valence-electron chi connectivity index (χ3n) is 5.07. The van der Waals surface area contributed by atoms with Gasteiger partial charge in [-0.15, -0.1) is 0 Å². The lowest BCUT2D eigenvalue weighted by atomic mass is 9.77. The molecule has 1 heterocycles. The molecule has 2 heteroatoms. The van der Waals surface area contributed by atoms with Crippen molar-refractivity contribution in [2.24, 2.45) is 5.92 Å². The number of halogens is 1. The zero-order valence-corrected chi connectivity index (χ0v) is 14.9. The fourth-order valence-electron chi connectivity index (χ4n) is 3.86. The van der Waals surface area contributed by atoms with E-state index in [1.807, 2.05) is 0 Å². The van der Waals surface area contributed by atoms with E-state index in [-0.39, 0.29) is 0 Å². The van der Waals surface area contributed by atoms with Crippen LogP contribution in [0, 0.1) is 9.49 Å². The smallest absolute Gasteiger partial charge is 0.0553 e. The number of benzene rings is 2. The highest BCUT2D eigenvalue weighted by Crippen LogP contribution is 2.49. The van der Waals surface area contributed by atoms with E-state index < -0.39 is 0 Å². The van der Waals surface area contributed by atoms with Crippen molar-refractivity contribution in [1.82, 2.24) is 0 Å². The number of hydrogen-bond donors (Lipinski definition) is 1. The van der Waals surface area contributed by atoms with Gasteiger partial charge in [-0.05, 0) is 76.2 Å². The Morgan fingerprint density at radius 2 is 1.95 bits per heavy atom. The highest BCUT2D eigenvalue weighted by molar-refractivity contribution is 14.1. The molecular formula is C20H20IN. The molecule has 0 fully saturated rings. The number of hydrogen-bond acceptors (Lipinski definition) is 1. The molecule has 2 aromatic rings. The predicted octanol–water partition coefficient (Wildman–Crippen LogP) is 5.68. The molecule has 0 saturated heterocycles. The fourth-order valence-corrected chi connectivity index (χ4v) is 4.37. The van der Waals surface area contributed by atoms with Crippen LogP contribution >= 0.6 is 22.6 Å². The summed E-state index contributed by atoms with van der Waals surface area (Å²) in [6.45, 7) is 2.21. The van der Waals surface area contributed by atoms with Crippen molar-refractivity contribution in [1.29, 1.82) is 0 Å². The van der Waals surface area contributed by atoms with Gasteiger partial charge in [-0.2, -0.15) is 0 Å². The molecule has 0 saturated carbocycles. The quantitative estimate of drug-likeness (QED) is 0.504. The van der Waals surface area contributed by atoms with Gasteiger partial charge in [0.25, 0.3) is 0 Å². The standard InChI is InChI=1S/C20H20IN/c1-2-13-6-8-14(9-7-13)20-17-5-3-4-16(17)18-12-15(21)10-11-19(18)22-20/h3-4,6-12,16-17,20,22H,2,5H2,1H3/t16-,17-,20+/m1/s1. The molecule has 0 radical (unpaired) electrons. The second-order valence-corrected chi connectivity index (χ2v) is 7.55. The zero-order valence-electron chi connectivity index (χ0n) is 12.7. The first kappa shape index (κ1) is 14.3. The lowest BCUT2D eigenvalue weighted by molar-refractivity contribution is 0.425. The van der Waals surface area contributed by atoms with Crippen molar-refractivity contribution in [3.05, 3.63) is 74.9 Å². The van der Waals surface area contributed by atoms with E-state index in [1.165, 1.54) is 32.4 Å². The lowest BCUT2D eigenvalue weighted by Gasteiger charge is -2.37. The van der Waals surface area contributed by atoms with E-state index in [9.17, 15) is 0 Å². The van der Waals surface area contributed by atoms with E-state index in [4.69, 9.17) is 0 Å². The third-order valence-corrected chi connectivity index (χ3v) is 5.74. The summed E-state index contributed by atoms with van der Waals surface area (Å²) in [4.78, 5) is 0. The first-order valence-electron chi connectivity index (χ1n) is 8.07. The minimum absolute atomic E-state index is 0.415. The van der Waals surface area contributed by atoms with Gasteiger partial charge in [-0.25, -0.2) is 0 Å². The Balaban J connectivity index is 1.74. The summed E-state index contributed by atoms with van der Waals surface area (Å²) in [7, 11) is 0. The Morgan fingerprint density at radius 1 is 1.14 bits per heavy atom. The Labute approximate surface area is 146 Å². The molecule has 0 bridgehead atoms. The van der Waals surface area contributed by atoms with Crippen molar-refractivity contribution >= 4 is 28.3 Å². The SMILES string of the molecule is CCc1ccc([C@@H]2Nc3ccc(I)cc3[C@@H]3C=CC[C@H]32)cc1. The zero-order chi connectivity index (χ0) is 15.1. The fraction of sp³-hybridized carbons (Fsp3) is 0.300. The molecule has 3 atom stereocenters. The maximum absolute atomic E-state index is 3.81. The first-order chi connectivity index (χ1) is 10.8. The van der Waals surface area contributed by atoms with Crippen LogP contribution in [0.15, 0.2) is 54.6 Å². The number of rotatable bonds is 2. The Kier molecular flexibility index (Phi) is 3.73. The van der Waals surface area contributed by atoms with Crippen LogP contribution in [-0.2, 0) is 6.42 Å². The summed E-state index contributed by atoms with van der Waals surface area (Å²) in [5.41, 5.74) is 5.60. The van der Waals surface area contributed by atoms with Crippen LogP contribution in [0.4, 0.5) is 5.69 Å². The van der Waals surface area contributed by atoms with Gasteiger partial charge in [0.05, 0.1) is 6.04 Å². The molecule has 22 heavy (non-hydrogen) atoms. The second-order valence-electron chi connectivity index (χ2n) is 6.30. The molecule has 0 aromatic heterocycles. The Hall–Kier alpha value is -1.29. The number of allylic oxidation sites excluding steroid dienone is 2. The number of anilines is 1. The molecule has 0 spiro atoms. The number of nitrogens with one attached hydrogen (secondary N) is 1. The number of aryl methyl sites for hydroxylation is 1. The van der Waals surface area contributed by atoms with Crippen molar-refractivity contribution in [2.75, 3.05) is 5.32 Å². The molecule has 112 valence electrons. The van der Waals surface area contributed by atoms with Gasteiger partial charge in [0.2, 0.25) is 0 Å². The summed E-state index contributed by atoms with van der Waals surface area (Å²) < 4.78 is 1.32. The first-order valence-corrected chi connectivity index (χ1v) is 9.15. The maximum atomic E-state index is 3.81. The van der Waals surface area contributed by atoms with Crippen LogP contribution in [0.1, 0.15) is 42.0 Å². The summed E-state index contributed by atoms with van der Waals surface area (Å²) in [5.74, 6) is 1.19. The normalized spacial score (nSPS) is 25.5. The summed E-state index contributed by atoms with van der Waals surface area (Å²) in [6, 6.07) is 16.4. The minimum Gasteiger partial charge on any atom is -0.378 e. The van der Waals surface area contributed by atoms with Crippen LogP contribution in [0.25, 0.3) is 0 Å². The Bertz CT molecular complexity index is 717. The average Bonchev–Trinajstić information content (AvgIpc) is 3.04. The summed E-state index contributed by atoms with van der Waals surface area (Å²) in [6.07, 6.45) is 7.04. The largest absolute Gasteiger partial charge is 0.378 e. The van der Waals surface area contributed by atoms with Gasteiger partial charge in [0.15, 0.2) is 0 Å². The molecule has 0 unspecified atom stereocenters. The molecule has 4 rings (SSSR count). The molecule has 1 N–H and O–H groups in total. The van der Waals surface area contributed by atoms with Crippen molar-refractivity contribution in [3.63, 3.8) is 0 Å². The molecule has 2 aliphatic rings. The van der Waals surface area contributed by atoms with E-state index in [2.05, 4.69) is 89.4 Å². The minimum atomic E-state index is 0.415. The van der Waals surface area contributed by atoms with Crippen LogP contribution in [0.3, 0.4) is 0 Å². The van der Waals surface area contributed by atoms with Crippen molar-refractivity contribution < 1.29 is 0 Å². The Morgan fingerprint density at radius 3 is 2.73 bits per heavy atom. The van der Waals surface area contributed by atoms with Crippen LogP contribution in [0.5, 0.6) is 0 Å². The van der Waals surface area contributed by atoms with Crippen LogP contribution in [-0.4, -0.2) is 0 Å². The van der Waals surface area contributed by atoms with E-state index in [1.54, 1.807) is 0 Å². The van der Waals surface area contributed by atoms with E-state index in [0.29, 0.717) is 17.9 Å². The van der Waals surface area contributed by atoms with Gasteiger partial charge >= 0.3 is 0 Å². The molecule has 1 aliphatic carbocycles.